The number of carbonyl (C=O) groups excluding carboxylic acids is 2. The largest absolute Gasteiger partial charge is 0.548 e. The van der Waals surface area contributed by atoms with Gasteiger partial charge in [-0.3, -0.25) is 4.79 Å². The first kappa shape index (κ1) is 25.7. The minimum atomic E-state index is -1.38. The predicted molar refractivity (Wildman–Crippen MR) is 138 cm³/mol. The van der Waals surface area contributed by atoms with Crippen LogP contribution in [0.3, 0.4) is 0 Å². The van der Waals surface area contributed by atoms with Crippen LogP contribution in [0.4, 0.5) is 0 Å². The lowest BCUT2D eigenvalue weighted by Crippen LogP contribution is -2.52. The van der Waals surface area contributed by atoms with E-state index in [4.69, 9.17) is 9.15 Å². The van der Waals surface area contributed by atoms with Gasteiger partial charge in [-0.15, -0.1) is 0 Å². The molecule has 0 fully saturated rings. The van der Waals surface area contributed by atoms with Gasteiger partial charge in [-0.1, -0.05) is 60.7 Å². The van der Waals surface area contributed by atoms with Crippen LogP contribution in [-0.4, -0.2) is 24.0 Å². The first-order chi connectivity index (χ1) is 17.7. The van der Waals surface area contributed by atoms with Crippen molar-refractivity contribution in [1.29, 1.82) is 0 Å². The van der Waals surface area contributed by atoms with Gasteiger partial charge in [0.2, 0.25) is 0 Å². The Morgan fingerprint density at radius 2 is 1.54 bits per heavy atom. The van der Waals surface area contributed by atoms with E-state index in [2.05, 4.69) is 5.32 Å². The van der Waals surface area contributed by atoms with Crippen molar-refractivity contribution in [2.24, 2.45) is 0 Å². The second-order valence-corrected chi connectivity index (χ2v) is 9.05. The second kappa shape index (κ2) is 11.1. The molecule has 4 rings (SSSR count). The number of fused-ring (bicyclic) bond motifs is 1. The molecule has 2 atom stereocenters. The van der Waals surface area contributed by atoms with E-state index in [1.54, 1.807) is 43.3 Å². The Morgan fingerprint density at radius 1 is 0.919 bits per heavy atom. The van der Waals surface area contributed by atoms with Crippen molar-refractivity contribution in [2.75, 3.05) is 0 Å². The van der Waals surface area contributed by atoms with Gasteiger partial charge in [0.1, 0.15) is 11.3 Å². The van der Waals surface area contributed by atoms with Crippen LogP contribution < -0.4 is 20.8 Å². The van der Waals surface area contributed by atoms with E-state index >= 15 is 0 Å². The number of carboxylic acid groups (broad SMARTS) is 1. The number of hydrogen-bond acceptors (Lipinski definition) is 6. The molecule has 0 bridgehead atoms. The van der Waals surface area contributed by atoms with Gasteiger partial charge in [-0.2, -0.15) is 0 Å². The van der Waals surface area contributed by atoms with Gasteiger partial charge in [-0.25, -0.2) is 4.79 Å². The molecule has 0 saturated heterocycles. The van der Waals surface area contributed by atoms with Crippen LogP contribution in [-0.2, 0) is 22.4 Å². The smallest absolute Gasteiger partial charge is 0.340 e. The lowest BCUT2D eigenvalue weighted by Gasteiger charge is -2.23. The molecule has 190 valence electrons. The fourth-order valence-electron chi connectivity index (χ4n) is 4.28. The number of nitrogens with one attached hydrogen (secondary N) is 1. The summed E-state index contributed by atoms with van der Waals surface area (Å²) < 4.78 is 11.6. The highest BCUT2D eigenvalue weighted by Gasteiger charge is 2.22. The summed E-state index contributed by atoms with van der Waals surface area (Å²) in [4.78, 5) is 37.2. The number of amides is 1. The molecule has 1 heterocycles. The molecule has 1 aromatic heterocycles. The van der Waals surface area contributed by atoms with Gasteiger partial charge >= 0.3 is 5.63 Å². The lowest BCUT2D eigenvalue weighted by atomic mass is 9.98. The summed E-state index contributed by atoms with van der Waals surface area (Å²) in [6.07, 6.45) is -0.451. The number of aliphatic carboxylic acids is 1. The Labute approximate surface area is 214 Å². The SMILES string of the molecule is Cc1c(Cc2ccccc2)c(=O)oc2c(C)c(O[C@H](C)C(=O)N[C@@H](Cc3ccccc3)C(=O)[O-])ccc12. The number of carbonyl (C=O) groups is 2. The van der Waals surface area contributed by atoms with E-state index in [0.717, 1.165) is 22.1 Å². The molecule has 0 aliphatic heterocycles. The Kier molecular flexibility index (Phi) is 7.72. The van der Waals surface area contributed by atoms with Crippen LogP contribution in [0.25, 0.3) is 11.0 Å². The molecule has 1 N–H and O–H groups in total. The third-order valence-corrected chi connectivity index (χ3v) is 6.43. The monoisotopic (exact) mass is 498 g/mol. The fraction of sp³-hybridized carbons (Fsp3) is 0.233. The first-order valence-corrected chi connectivity index (χ1v) is 12.1. The minimum absolute atomic E-state index is 0.0897. The third-order valence-electron chi connectivity index (χ3n) is 6.43. The fourth-order valence-corrected chi connectivity index (χ4v) is 4.28. The Bertz CT molecular complexity index is 1480. The van der Waals surface area contributed by atoms with Crippen molar-refractivity contribution in [2.45, 2.75) is 45.8 Å². The van der Waals surface area contributed by atoms with Crippen molar-refractivity contribution in [1.82, 2.24) is 5.32 Å². The summed E-state index contributed by atoms with van der Waals surface area (Å²) in [6, 6.07) is 21.0. The number of ether oxygens (including phenoxy) is 1. The summed E-state index contributed by atoms with van der Waals surface area (Å²) >= 11 is 0. The maximum atomic E-state index is 12.9. The van der Waals surface area contributed by atoms with Gasteiger partial charge in [-0.05, 0) is 56.0 Å². The topological polar surface area (TPSA) is 109 Å². The quantitative estimate of drug-likeness (QED) is 0.355. The van der Waals surface area contributed by atoms with Gasteiger partial charge in [0.25, 0.3) is 5.91 Å². The highest BCUT2D eigenvalue weighted by Crippen LogP contribution is 2.30. The zero-order chi connectivity index (χ0) is 26.5. The highest BCUT2D eigenvalue weighted by atomic mass is 16.5. The normalized spacial score (nSPS) is 12.6. The summed E-state index contributed by atoms with van der Waals surface area (Å²) in [6.45, 7) is 5.17. The number of aryl methyl sites for hydroxylation is 2. The number of hydrogen-bond donors (Lipinski definition) is 1. The predicted octanol–water partition coefficient (Wildman–Crippen LogP) is 3.25. The van der Waals surface area contributed by atoms with Crippen molar-refractivity contribution < 1.29 is 23.8 Å². The van der Waals surface area contributed by atoms with E-state index in [1.165, 1.54) is 6.92 Å². The average Bonchev–Trinajstić information content (AvgIpc) is 2.89. The van der Waals surface area contributed by atoms with Gasteiger partial charge in [0, 0.05) is 22.9 Å². The Hall–Kier alpha value is -4.39. The van der Waals surface area contributed by atoms with Gasteiger partial charge < -0.3 is 24.4 Å². The van der Waals surface area contributed by atoms with Crippen LogP contribution in [0.5, 0.6) is 5.75 Å². The van der Waals surface area contributed by atoms with Crippen molar-refractivity contribution in [3.8, 4) is 5.75 Å². The molecule has 0 unspecified atom stereocenters. The van der Waals surface area contributed by atoms with E-state index in [-0.39, 0.29) is 6.42 Å². The molecule has 3 aromatic carbocycles. The second-order valence-electron chi connectivity index (χ2n) is 9.05. The standard InChI is InChI=1S/C30H29NO6/c1-18-23-14-15-26(19(2)27(23)37-30(35)24(18)16-21-10-6-4-7-11-21)36-20(3)28(32)31-25(29(33)34)17-22-12-8-5-9-13-22/h4-15,20,25H,16-17H2,1-3H3,(H,31,32)(H,33,34)/p-1/t20-,25+/m1/s1. The number of rotatable bonds is 9. The molecule has 7 heteroatoms. The van der Waals surface area contributed by atoms with Gasteiger partial charge in [0.15, 0.2) is 6.10 Å². The molecular weight excluding hydrogens is 470 g/mol. The van der Waals surface area contributed by atoms with Crippen LogP contribution in [0.1, 0.15) is 34.7 Å². The molecule has 4 aromatic rings. The van der Waals surface area contributed by atoms with E-state index in [9.17, 15) is 19.5 Å². The zero-order valence-corrected chi connectivity index (χ0v) is 20.9. The van der Waals surface area contributed by atoms with E-state index in [0.29, 0.717) is 28.9 Å². The molecule has 0 spiro atoms. The third kappa shape index (κ3) is 5.89. The Morgan fingerprint density at radius 3 is 2.16 bits per heavy atom. The highest BCUT2D eigenvalue weighted by molar-refractivity contribution is 5.87. The summed E-state index contributed by atoms with van der Waals surface area (Å²) in [5.41, 5.74) is 3.73. The molecule has 0 radical (unpaired) electrons. The van der Waals surface area contributed by atoms with Crippen molar-refractivity contribution in [3.63, 3.8) is 0 Å². The van der Waals surface area contributed by atoms with Crippen LogP contribution in [0.2, 0.25) is 0 Å². The zero-order valence-electron chi connectivity index (χ0n) is 20.9. The molecular formula is C30H28NO6-. The molecule has 37 heavy (non-hydrogen) atoms. The van der Waals surface area contributed by atoms with Crippen molar-refractivity contribution >= 4 is 22.8 Å². The van der Waals surface area contributed by atoms with Crippen LogP contribution >= 0.6 is 0 Å². The Balaban J connectivity index is 1.53. The van der Waals surface area contributed by atoms with Crippen molar-refractivity contribution in [3.05, 3.63) is 111 Å². The first-order valence-electron chi connectivity index (χ1n) is 12.1. The lowest BCUT2D eigenvalue weighted by molar-refractivity contribution is -0.308. The van der Waals surface area contributed by atoms with Gasteiger partial charge in [0.05, 0.1) is 12.0 Å². The molecule has 0 saturated carbocycles. The average molecular weight is 499 g/mol. The van der Waals surface area contributed by atoms with E-state index < -0.39 is 29.6 Å². The van der Waals surface area contributed by atoms with E-state index in [1.807, 2.05) is 43.3 Å². The summed E-state index contributed by atoms with van der Waals surface area (Å²) in [5, 5.41) is 14.9. The molecule has 0 aliphatic rings. The summed E-state index contributed by atoms with van der Waals surface area (Å²) in [7, 11) is 0. The number of carboxylic acids is 1. The molecule has 1 amide bonds. The molecule has 7 nitrogen and oxygen atoms in total. The maximum absolute atomic E-state index is 12.9. The van der Waals surface area contributed by atoms with Crippen LogP contribution in [0, 0.1) is 13.8 Å². The maximum Gasteiger partial charge on any atom is 0.340 e. The minimum Gasteiger partial charge on any atom is -0.548 e. The number of benzene rings is 3. The van der Waals surface area contributed by atoms with Crippen LogP contribution in [0.15, 0.2) is 82.0 Å². The summed E-state index contributed by atoms with van der Waals surface area (Å²) in [5.74, 6) is -1.61. The molecule has 0 aliphatic carbocycles.